The van der Waals surface area contributed by atoms with E-state index in [2.05, 4.69) is 5.32 Å². The summed E-state index contributed by atoms with van der Waals surface area (Å²) in [6.07, 6.45) is 0.890. The number of hydrogen-bond donors (Lipinski definition) is 2. The molecule has 1 fully saturated rings. The molecule has 2 rings (SSSR count). The third-order valence-electron chi connectivity index (χ3n) is 2.91. The number of ether oxygens (including phenoxy) is 1. The van der Waals surface area contributed by atoms with Crippen LogP contribution in [0.3, 0.4) is 0 Å². The first kappa shape index (κ1) is 11.7. The molecule has 0 bridgehead atoms. The molecule has 17 heavy (non-hydrogen) atoms. The molecule has 5 nitrogen and oxygen atoms in total. The number of nitrogen functional groups attached to an aromatic ring is 1. The minimum absolute atomic E-state index is 0.133. The number of anilines is 2. The number of carbonyl (C=O) groups excluding carboxylic acids is 1. The molecule has 92 valence electrons. The Kier molecular flexibility index (Phi) is 3.49. The third-order valence-corrected chi connectivity index (χ3v) is 2.91. The van der Waals surface area contributed by atoms with E-state index in [9.17, 15) is 4.79 Å². The molecule has 0 radical (unpaired) electrons. The standard InChI is InChI=1S/C12H17N3O2/c1-15(11-5-6-17-8-11)12(16)14-10-4-2-3-9(13)7-10/h2-4,7,11H,5-6,8,13H2,1H3,(H,14,16). The van der Waals surface area contributed by atoms with E-state index in [0.717, 1.165) is 13.0 Å². The van der Waals surface area contributed by atoms with Gasteiger partial charge in [0.2, 0.25) is 0 Å². The van der Waals surface area contributed by atoms with E-state index in [-0.39, 0.29) is 12.1 Å². The van der Waals surface area contributed by atoms with Gasteiger partial charge in [0, 0.05) is 25.0 Å². The topological polar surface area (TPSA) is 67.6 Å². The van der Waals surface area contributed by atoms with Gasteiger partial charge >= 0.3 is 6.03 Å². The van der Waals surface area contributed by atoms with Crippen LogP contribution in [0, 0.1) is 0 Å². The Hall–Kier alpha value is -1.75. The summed E-state index contributed by atoms with van der Waals surface area (Å²) in [5, 5.41) is 2.81. The van der Waals surface area contributed by atoms with Crippen molar-refractivity contribution in [2.75, 3.05) is 31.3 Å². The maximum absolute atomic E-state index is 11.9. The van der Waals surface area contributed by atoms with Gasteiger partial charge in [-0.15, -0.1) is 0 Å². The van der Waals surface area contributed by atoms with Gasteiger partial charge in [-0.2, -0.15) is 0 Å². The second-order valence-electron chi connectivity index (χ2n) is 4.18. The number of urea groups is 1. The Morgan fingerprint density at radius 1 is 1.59 bits per heavy atom. The van der Waals surface area contributed by atoms with Crippen LogP contribution in [-0.4, -0.2) is 37.2 Å². The maximum atomic E-state index is 11.9. The summed E-state index contributed by atoms with van der Waals surface area (Å²) in [4.78, 5) is 13.6. The average Bonchev–Trinajstić information content (AvgIpc) is 2.81. The molecule has 1 aliphatic heterocycles. The minimum Gasteiger partial charge on any atom is -0.399 e. The monoisotopic (exact) mass is 235 g/mol. The normalized spacial score (nSPS) is 19.0. The van der Waals surface area contributed by atoms with Crippen molar-refractivity contribution in [2.24, 2.45) is 0 Å². The predicted molar refractivity (Wildman–Crippen MR) is 66.9 cm³/mol. The lowest BCUT2D eigenvalue weighted by atomic mass is 10.2. The summed E-state index contributed by atoms with van der Waals surface area (Å²) in [6.45, 7) is 1.33. The molecule has 1 heterocycles. The van der Waals surface area contributed by atoms with Gasteiger partial charge in [0.15, 0.2) is 0 Å². The molecule has 1 aromatic carbocycles. The number of carbonyl (C=O) groups is 1. The lowest BCUT2D eigenvalue weighted by molar-refractivity contribution is 0.164. The van der Waals surface area contributed by atoms with Crippen LogP contribution in [0.5, 0.6) is 0 Å². The first-order valence-electron chi connectivity index (χ1n) is 5.64. The zero-order valence-electron chi connectivity index (χ0n) is 9.85. The lowest BCUT2D eigenvalue weighted by Crippen LogP contribution is -2.40. The average molecular weight is 235 g/mol. The van der Waals surface area contributed by atoms with Gasteiger partial charge in [-0.3, -0.25) is 0 Å². The number of nitrogens with one attached hydrogen (secondary N) is 1. The van der Waals surface area contributed by atoms with Crippen molar-refractivity contribution in [1.82, 2.24) is 4.90 Å². The van der Waals surface area contributed by atoms with Gasteiger partial charge in [0.1, 0.15) is 0 Å². The van der Waals surface area contributed by atoms with E-state index in [1.165, 1.54) is 0 Å². The molecule has 1 saturated heterocycles. The van der Waals surface area contributed by atoms with Gasteiger partial charge in [-0.1, -0.05) is 6.07 Å². The first-order valence-corrected chi connectivity index (χ1v) is 5.64. The summed E-state index contributed by atoms with van der Waals surface area (Å²) >= 11 is 0. The highest BCUT2D eigenvalue weighted by atomic mass is 16.5. The van der Waals surface area contributed by atoms with Crippen LogP contribution in [0.15, 0.2) is 24.3 Å². The molecule has 5 heteroatoms. The fraction of sp³-hybridized carbons (Fsp3) is 0.417. The molecule has 1 aliphatic rings. The van der Waals surface area contributed by atoms with Crippen LogP contribution in [0.25, 0.3) is 0 Å². The van der Waals surface area contributed by atoms with Gasteiger partial charge in [0.25, 0.3) is 0 Å². The van der Waals surface area contributed by atoms with Gasteiger partial charge in [-0.05, 0) is 24.6 Å². The van der Waals surface area contributed by atoms with E-state index in [4.69, 9.17) is 10.5 Å². The summed E-state index contributed by atoms with van der Waals surface area (Å²) in [5.74, 6) is 0. The first-order chi connectivity index (χ1) is 8.16. The molecular weight excluding hydrogens is 218 g/mol. The van der Waals surface area contributed by atoms with Crippen molar-refractivity contribution in [3.63, 3.8) is 0 Å². The summed E-state index contributed by atoms with van der Waals surface area (Å²) in [5.41, 5.74) is 6.99. The Morgan fingerprint density at radius 2 is 2.41 bits per heavy atom. The van der Waals surface area contributed by atoms with Crippen LogP contribution < -0.4 is 11.1 Å². The fourth-order valence-corrected chi connectivity index (χ4v) is 1.82. The number of hydrogen-bond acceptors (Lipinski definition) is 3. The predicted octanol–water partition coefficient (Wildman–Crippen LogP) is 1.52. The number of rotatable bonds is 2. The van der Waals surface area contributed by atoms with E-state index in [0.29, 0.717) is 18.0 Å². The third kappa shape index (κ3) is 2.88. The second kappa shape index (κ2) is 5.05. The van der Waals surface area contributed by atoms with Gasteiger partial charge in [-0.25, -0.2) is 4.79 Å². The molecule has 1 unspecified atom stereocenters. The molecule has 0 spiro atoms. The molecule has 1 aromatic rings. The van der Waals surface area contributed by atoms with E-state index < -0.39 is 0 Å². The largest absolute Gasteiger partial charge is 0.399 e. The van der Waals surface area contributed by atoms with Crippen LogP contribution >= 0.6 is 0 Å². The maximum Gasteiger partial charge on any atom is 0.321 e. The van der Waals surface area contributed by atoms with Crippen LogP contribution in [0.4, 0.5) is 16.2 Å². The fourth-order valence-electron chi connectivity index (χ4n) is 1.82. The highest BCUT2D eigenvalue weighted by molar-refractivity contribution is 5.89. The van der Waals surface area contributed by atoms with Crippen molar-refractivity contribution in [2.45, 2.75) is 12.5 Å². The molecule has 1 atom stereocenters. The van der Waals surface area contributed by atoms with Crippen molar-refractivity contribution >= 4 is 17.4 Å². The molecule has 3 N–H and O–H groups in total. The van der Waals surface area contributed by atoms with Crippen molar-refractivity contribution in [1.29, 1.82) is 0 Å². The van der Waals surface area contributed by atoms with Crippen LogP contribution in [0.1, 0.15) is 6.42 Å². The molecular formula is C12H17N3O2. The molecule has 0 aromatic heterocycles. The quantitative estimate of drug-likeness (QED) is 0.764. The lowest BCUT2D eigenvalue weighted by Gasteiger charge is -2.23. The van der Waals surface area contributed by atoms with Crippen molar-refractivity contribution in [3.05, 3.63) is 24.3 Å². The van der Waals surface area contributed by atoms with Crippen molar-refractivity contribution < 1.29 is 9.53 Å². The smallest absolute Gasteiger partial charge is 0.321 e. The Balaban J connectivity index is 1.96. The molecule has 0 saturated carbocycles. The van der Waals surface area contributed by atoms with E-state index in [1.807, 2.05) is 12.1 Å². The number of nitrogens with zero attached hydrogens (tertiary/aromatic N) is 1. The van der Waals surface area contributed by atoms with Gasteiger partial charge in [0.05, 0.1) is 12.6 Å². The molecule has 0 aliphatic carbocycles. The van der Waals surface area contributed by atoms with Gasteiger partial charge < -0.3 is 20.7 Å². The minimum atomic E-state index is -0.133. The Bertz CT molecular complexity index is 402. The number of benzene rings is 1. The van der Waals surface area contributed by atoms with Crippen LogP contribution in [0.2, 0.25) is 0 Å². The SMILES string of the molecule is CN(C(=O)Nc1cccc(N)c1)C1CCOC1. The Labute approximate surface area is 101 Å². The number of amides is 2. The number of nitrogens with two attached hydrogens (primary N) is 1. The highest BCUT2D eigenvalue weighted by Gasteiger charge is 2.23. The summed E-state index contributed by atoms with van der Waals surface area (Å²) < 4.78 is 5.26. The van der Waals surface area contributed by atoms with E-state index in [1.54, 1.807) is 24.1 Å². The number of likely N-dealkylation sites (N-methyl/N-ethyl adjacent to an activating group) is 1. The Morgan fingerprint density at radius 3 is 3.06 bits per heavy atom. The highest BCUT2D eigenvalue weighted by Crippen LogP contribution is 2.15. The van der Waals surface area contributed by atoms with E-state index >= 15 is 0 Å². The van der Waals surface area contributed by atoms with Crippen molar-refractivity contribution in [3.8, 4) is 0 Å². The zero-order valence-corrected chi connectivity index (χ0v) is 9.85. The molecule has 2 amide bonds. The zero-order chi connectivity index (χ0) is 12.3. The van der Waals surface area contributed by atoms with Crippen LogP contribution in [-0.2, 0) is 4.74 Å². The second-order valence-corrected chi connectivity index (χ2v) is 4.18. The summed E-state index contributed by atoms with van der Waals surface area (Å²) in [7, 11) is 1.78. The summed E-state index contributed by atoms with van der Waals surface area (Å²) in [6, 6.07) is 7.17.